The van der Waals surface area contributed by atoms with Gasteiger partial charge in [0.15, 0.2) is 5.13 Å². The van der Waals surface area contributed by atoms with Crippen LogP contribution in [-0.2, 0) is 16.3 Å². The molecule has 0 bridgehead atoms. The molecule has 2 heterocycles. The predicted octanol–water partition coefficient (Wildman–Crippen LogP) is 6.92. The van der Waals surface area contributed by atoms with Gasteiger partial charge in [0.25, 0.3) is 0 Å². The van der Waals surface area contributed by atoms with Crippen LogP contribution in [0.25, 0.3) is 0 Å². The summed E-state index contributed by atoms with van der Waals surface area (Å²) in [7, 11) is 0. The molecule has 0 spiro atoms. The molecule has 1 aliphatic heterocycles. The molecule has 0 fully saturated rings. The van der Waals surface area contributed by atoms with Crippen molar-refractivity contribution in [2.75, 3.05) is 4.90 Å². The van der Waals surface area contributed by atoms with Crippen LogP contribution in [0.4, 0.5) is 16.5 Å². The van der Waals surface area contributed by atoms with Crippen LogP contribution >= 0.6 is 34.9 Å². The SMILES string of the molecule is CC(=O)N(c1nc(CSC2=Nc3ccccc3CS2)cs1)c1c(C)cc(C)cc1C. The van der Waals surface area contributed by atoms with E-state index in [1.54, 1.807) is 35.3 Å². The van der Waals surface area contributed by atoms with E-state index in [1.807, 2.05) is 25.3 Å². The Morgan fingerprint density at radius 3 is 2.63 bits per heavy atom. The molecule has 0 atom stereocenters. The normalized spacial score (nSPS) is 13.0. The summed E-state index contributed by atoms with van der Waals surface area (Å²) < 4.78 is 1.07. The number of benzene rings is 2. The number of aryl methyl sites for hydroxylation is 3. The van der Waals surface area contributed by atoms with E-state index in [1.165, 1.54) is 22.5 Å². The number of hydrogen-bond donors (Lipinski definition) is 0. The maximum Gasteiger partial charge on any atom is 0.230 e. The van der Waals surface area contributed by atoms with Gasteiger partial charge in [-0.05, 0) is 43.5 Å². The highest BCUT2D eigenvalue weighted by Crippen LogP contribution is 2.37. The third-order valence-corrected chi connectivity index (χ3v) is 7.96. The van der Waals surface area contributed by atoms with Crippen LogP contribution in [0, 0.1) is 20.8 Å². The van der Waals surface area contributed by atoms with Crippen molar-refractivity contribution in [1.29, 1.82) is 0 Å². The Hall–Kier alpha value is -2.09. The summed E-state index contributed by atoms with van der Waals surface area (Å²) in [5.41, 5.74) is 7.61. The number of thioether (sulfide) groups is 2. The lowest BCUT2D eigenvalue weighted by molar-refractivity contribution is -0.115. The summed E-state index contributed by atoms with van der Waals surface area (Å²) >= 11 is 4.99. The average molecular weight is 454 g/mol. The summed E-state index contributed by atoms with van der Waals surface area (Å²) in [6.07, 6.45) is 0. The second-order valence-corrected chi connectivity index (χ2v) is 10.3. The number of thiazole rings is 1. The molecule has 0 unspecified atom stereocenters. The number of amides is 1. The van der Waals surface area contributed by atoms with Crippen molar-refractivity contribution in [3.63, 3.8) is 0 Å². The minimum absolute atomic E-state index is 0.0255. The van der Waals surface area contributed by atoms with Crippen LogP contribution in [-0.4, -0.2) is 15.3 Å². The van der Waals surface area contributed by atoms with E-state index in [0.717, 1.165) is 49.2 Å². The monoisotopic (exact) mass is 453 g/mol. The van der Waals surface area contributed by atoms with E-state index in [-0.39, 0.29) is 5.91 Å². The smallest absolute Gasteiger partial charge is 0.230 e. The fraction of sp³-hybridized carbons (Fsp3) is 0.261. The number of aromatic nitrogens is 1. The molecular weight excluding hydrogens is 430 g/mol. The first-order valence-corrected chi connectivity index (χ1v) is 12.5. The zero-order chi connectivity index (χ0) is 21.3. The topological polar surface area (TPSA) is 45.6 Å². The molecule has 30 heavy (non-hydrogen) atoms. The van der Waals surface area contributed by atoms with Gasteiger partial charge in [0.2, 0.25) is 5.91 Å². The molecule has 0 N–H and O–H groups in total. The first-order chi connectivity index (χ1) is 14.4. The lowest BCUT2D eigenvalue weighted by atomic mass is 10.0. The van der Waals surface area contributed by atoms with Crippen LogP contribution in [0.3, 0.4) is 0 Å². The second kappa shape index (κ2) is 8.96. The van der Waals surface area contributed by atoms with E-state index in [2.05, 4.69) is 37.3 Å². The van der Waals surface area contributed by atoms with E-state index in [4.69, 9.17) is 9.98 Å². The summed E-state index contributed by atoms with van der Waals surface area (Å²) in [5.74, 6) is 1.67. The van der Waals surface area contributed by atoms with Crippen molar-refractivity contribution in [2.24, 2.45) is 4.99 Å². The van der Waals surface area contributed by atoms with Gasteiger partial charge in [-0.25, -0.2) is 9.98 Å². The second-order valence-electron chi connectivity index (χ2n) is 7.31. The van der Waals surface area contributed by atoms with Gasteiger partial charge in [-0.3, -0.25) is 9.69 Å². The summed E-state index contributed by atoms with van der Waals surface area (Å²) in [5, 5.41) is 2.76. The van der Waals surface area contributed by atoms with Crippen molar-refractivity contribution in [3.05, 3.63) is 69.7 Å². The molecule has 0 radical (unpaired) electrons. The number of aliphatic imine (C=N–C) groups is 1. The maximum atomic E-state index is 12.5. The molecule has 0 saturated carbocycles. The number of rotatable bonds is 4. The predicted molar refractivity (Wildman–Crippen MR) is 132 cm³/mol. The Bertz CT molecular complexity index is 1110. The molecule has 1 aliphatic rings. The van der Waals surface area contributed by atoms with Gasteiger partial charge in [-0.1, -0.05) is 59.4 Å². The number of para-hydroxylation sites is 1. The first kappa shape index (κ1) is 21.2. The van der Waals surface area contributed by atoms with Crippen molar-refractivity contribution in [3.8, 4) is 0 Å². The number of carbonyl (C=O) groups is 1. The number of hydrogen-bond acceptors (Lipinski definition) is 6. The Kier molecular flexibility index (Phi) is 6.32. The van der Waals surface area contributed by atoms with Gasteiger partial charge in [-0.15, -0.1) is 11.3 Å². The van der Waals surface area contributed by atoms with Gasteiger partial charge >= 0.3 is 0 Å². The fourth-order valence-corrected chi connectivity index (χ4v) is 6.53. The molecule has 0 saturated heterocycles. The number of anilines is 2. The van der Waals surface area contributed by atoms with E-state index in [0.29, 0.717) is 0 Å². The Morgan fingerprint density at radius 2 is 1.90 bits per heavy atom. The molecule has 154 valence electrons. The van der Waals surface area contributed by atoms with Gasteiger partial charge in [0, 0.05) is 23.8 Å². The average Bonchev–Trinajstić information content (AvgIpc) is 3.17. The highest BCUT2D eigenvalue weighted by Gasteiger charge is 2.22. The summed E-state index contributed by atoms with van der Waals surface area (Å²) in [6.45, 7) is 7.77. The highest BCUT2D eigenvalue weighted by atomic mass is 32.2. The van der Waals surface area contributed by atoms with E-state index in [9.17, 15) is 4.79 Å². The molecule has 7 heteroatoms. The van der Waals surface area contributed by atoms with Gasteiger partial charge in [-0.2, -0.15) is 0 Å². The van der Waals surface area contributed by atoms with Crippen LogP contribution < -0.4 is 4.90 Å². The standard InChI is InChI=1S/C23H23N3OS3/c1-14-9-15(2)21(16(3)10-14)26(17(4)27)22-24-19(12-28-22)13-30-23-25-20-8-6-5-7-18(20)11-29-23/h5-10,12H,11,13H2,1-4H3. The summed E-state index contributed by atoms with van der Waals surface area (Å²) in [6, 6.07) is 12.5. The molecule has 3 aromatic rings. The summed E-state index contributed by atoms with van der Waals surface area (Å²) in [4.78, 5) is 23.8. The van der Waals surface area contributed by atoms with Crippen LogP contribution in [0.15, 0.2) is 46.8 Å². The molecule has 4 rings (SSSR count). The van der Waals surface area contributed by atoms with Crippen LogP contribution in [0.5, 0.6) is 0 Å². The van der Waals surface area contributed by atoms with E-state index < -0.39 is 0 Å². The Morgan fingerprint density at radius 1 is 1.17 bits per heavy atom. The van der Waals surface area contributed by atoms with Crippen molar-refractivity contribution in [1.82, 2.24) is 4.98 Å². The van der Waals surface area contributed by atoms with Crippen molar-refractivity contribution < 1.29 is 4.79 Å². The van der Waals surface area contributed by atoms with Crippen LogP contribution in [0.1, 0.15) is 34.9 Å². The zero-order valence-electron chi connectivity index (χ0n) is 17.4. The minimum atomic E-state index is -0.0255. The minimum Gasteiger partial charge on any atom is -0.274 e. The van der Waals surface area contributed by atoms with Gasteiger partial charge < -0.3 is 0 Å². The number of nitrogens with zero attached hydrogens (tertiary/aromatic N) is 3. The first-order valence-electron chi connectivity index (χ1n) is 9.67. The third kappa shape index (κ3) is 4.48. The molecular formula is C23H23N3OS3. The van der Waals surface area contributed by atoms with Crippen molar-refractivity contribution in [2.45, 2.75) is 39.2 Å². The lowest BCUT2D eigenvalue weighted by Crippen LogP contribution is -2.24. The molecule has 0 aliphatic carbocycles. The number of fused-ring (bicyclic) bond motifs is 1. The number of carbonyl (C=O) groups excluding carboxylic acids is 1. The Labute approximate surface area is 189 Å². The fourth-order valence-electron chi connectivity index (χ4n) is 3.60. The Balaban J connectivity index is 1.53. The molecule has 4 nitrogen and oxygen atoms in total. The zero-order valence-corrected chi connectivity index (χ0v) is 19.9. The van der Waals surface area contributed by atoms with Crippen LogP contribution in [0.2, 0.25) is 0 Å². The lowest BCUT2D eigenvalue weighted by Gasteiger charge is -2.23. The third-order valence-electron chi connectivity index (χ3n) is 4.80. The van der Waals surface area contributed by atoms with Gasteiger partial charge in [0.1, 0.15) is 4.38 Å². The van der Waals surface area contributed by atoms with E-state index >= 15 is 0 Å². The molecule has 1 aromatic heterocycles. The quantitative estimate of drug-likeness (QED) is 0.430. The highest BCUT2D eigenvalue weighted by molar-refractivity contribution is 8.38. The molecule has 2 aromatic carbocycles. The molecule has 1 amide bonds. The van der Waals surface area contributed by atoms with Crippen molar-refractivity contribution >= 4 is 61.6 Å². The van der Waals surface area contributed by atoms with Gasteiger partial charge in [0.05, 0.1) is 17.1 Å². The maximum absolute atomic E-state index is 12.5. The largest absolute Gasteiger partial charge is 0.274 e.